The fraction of sp³-hybridized carbons (Fsp3) is 0. The number of rotatable bonds is 2. The van der Waals surface area contributed by atoms with Crippen LogP contribution in [0.3, 0.4) is 0 Å². The zero-order valence-corrected chi connectivity index (χ0v) is 14.8. The topological polar surface area (TPSA) is 67.6 Å². The van der Waals surface area contributed by atoms with Crippen molar-refractivity contribution in [3.8, 4) is 22.0 Å². The third-order valence-corrected chi connectivity index (χ3v) is 5.70. The average molecular weight is 368 g/mol. The number of aromatic amines is 1. The van der Waals surface area contributed by atoms with Crippen molar-refractivity contribution in [2.24, 2.45) is 0 Å². The number of H-pyrrole nitrogens is 1. The minimum atomic E-state index is 0.617. The van der Waals surface area contributed by atoms with Crippen molar-refractivity contribution in [2.45, 2.75) is 0 Å². The number of fused-ring (bicyclic) bond motifs is 3. The minimum Gasteiger partial charge on any atom is -0.436 e. The third kappa shape index (κ3) is 2.34. The molecule has 5 nitrogen and oxygen atoms in total. The van der Waals surface area contributed by atoms with Gasteiger partial charge >= 0.3 is 0 Å². The van der Waals surface area contributed by atoms with Gasteiger partial charge in [0.1, 0.15) is 10.5 Å². The lowest BCUT2D eigenvalue weighted by molar-refractivity contribution is 0.620. The van der Waals surface area contributed by atoms with E-state index in [1.54, 1.807) is 11.3 Å². The van der Waals surface area contributed by atoms with Crippen LogP contribution < -0.4 is 0 Å². The van der Waals surface area contributed by atoms with Gasteiger partial charge in [-0.1, -0.05) is 24.3 Å². The maximum absolute atomic E-state index is 5.89. The molecule has 3 aromatic carbocycles. The Hall–Kier alpha value is -3.51. The molecule has 0 unspecified atom stereocenters. The van der Waals surface area contributed by atoms with Crippen LogP contribution in [0.5, 0.6) is 0 Å². The normalized spacial score (nSPS) is 11.7. The summed E-state index contributed by atoms with van der Waals surface area (Å²) in [4.78, 5) is 9.41. The highest BCUT2D eigenvalue weighted by Crippen LogP contribution is 2.34. The highest BCUT2D eigenvalue weighted by atomic mass is 32.1. The van der Waals surface area contributed by atoms with E-state index >= 15 is 0 Å². The zero-order valence-electron chi connectivity index (χ0n) is 14.0. The van der Waals surface area contributed by atoms with Crippen LogP contribution in [0.25, 0.3) is 54.2 Å². The van der Waals surface area contributed by atoms with Crippen molar-refractivity contribution >= 4 is 43.6 Å². The van der Waals surface area contributed by atoms with Crippen LogP contribution in [0.2, 0.25) is 0 Å². The maximum atomic E-state index is 5.89. The van der Waals surface area contributed by atoms with Gasteiger partial charge in [-0.05, 0) is 36.4 Å². The minimum absolute atomic E-state index is 0.617. The summed E-state index contributed by atoms with van der Waals surface area (Å²) in [6.07, 6.45) is 1.82. The van der Waals surface area contributed by atoms with Gasteiger partial charge in [0.2, 0.25) is 5.89 Å². The summed E-state index contributed by atoms with van der Waals surface area (Å²) in [5, 5.41) is 9.17. The standard InChI is InChI=1S/C21H12N4OS/c1-2-4-18-15(3-1)23-20(26-18)12-7-8-19-17(9-12)24-21(27-19)13-5-6-14-11-22-25-16(14)10-13/h1-11H,(H,22,25). The van der Waals surface area contributed by atoms with E-state index in [0.29, 0.717) is 5.89 Å². The van der Waals surface area contributed by atoms with Gasteiger partial charge in [0.15, 0.2) is 5.58 Å². The summed E-state index contributed by atoms with van der Waals surface area (Å²) in [6, 6.07) is 20.2. The Morgan fingerprint density at radius 3 is 2.74 bits per heavy atom. The average Bonchev–Trinajstić information content (AvgIpc) is 3.42. The van der Waals surface area contributed by atoms with Crippen molar-refractivity contribution in [1.29, 1.82) is 0 Å². The molecule has 0 aliphatic heterocycles. The van der Waals surface area contributed by atoms with E-state index in [9.17, 15) is 0 Å². The monoisotopic (exact) mass is 368 g/mol. The Balaban J connectivity index is 1.46. The van der Waals surface area contributed by atoms with Crippen molar-refractivity contribution in [3.05, 3.63) is 66.9 Å². The summed E-state index contributed by atoms with van der Waals surface area (Å²) in [5.74, 6) is 0.617. The van der Waals surface area contributed by atoms with Gasteiger partial charge in [-0.25, -0.2) is 9.97 Å². The maximum Gasteiger partial charge on any atom is 0.227 e. The molecule has 0 amide bonds. The lowest BCUT2D eigenvalue weighted by Crippen LogP contribution is -1.78. The first-order valence-corrected chi connectivity index (χ1v) is 9.35. The van der Waals surface area contributed by atoms with Gasteiger partial charge in [0.25, 0.3) is 0 Å². The van der Waals surface area contributed by atoms with Crippen molar-refractivity contribution in [3.63, 3.8) is 0 Å². The summed E-state index contributed by atoms with van der Waals surface area (Å²) in [6.45, 7) is 0. The first-order valence-electron chi connectivity index (χ1n) is 8.53. The van der Waals surface area contributed by atoms with Gasteiger partial charge in [-0.3, -0.25) is 5.10 Å². The van der Waals surface area contributed by atoms with Gasteiger partial charge < -0.3 is 4.42 Å². The fourth-order valence-corrected chi connectivity index (χ4v) is 4.19. The van der Waals surface area contributed by atoms with E-state index in [1.807, 2.05) is 42.6 Å². The number of para-hydroxylation sites is 2. The van der Waals surface area contributed by atoms with E-state index in [2.05, 4.69) is 39.4 Å². The Kier molecular flexibility index (Phi) is 2.98. The van der Waals surface area contributed by atoms with Crippen molar-refractivity contribution in [2.75, 3.05) is 0 Å². The molecule has 1 N–H and O–H groups in total. The Bertz CT molecular complexity index is 1410. The Morgan fingerprint density at radius 1 is 0.852 bits per heavy atom. The predicted octanol–water partition coefficient (Wildman–Crippen LogP) is 5.65. The van der Waals surface area contributed by atoms with E-state index in [-0.39, 0.29) is 0 Å². The number of thiazole rings is 1. The molecule has 0 spiro atoms. The fourth-order valence-electron chi connectivity index (χ4n) is 3.25. The van der Waals surface area contributed by atoms with Crippen LogP contribution in [-0.4, -0.2) is 20.2 Å². The van der Waals surface area contributed by atoms with E-state index in [4.69, 9.17) is 9.40 Å². The molecule has 0 aliphatic rings. The van der Waals surface area contributed by atoms with Crippen molar-refractivity contribution < 1.29 is 4.42 Å². The third-order valence-electron chi connectivity index (χ3n) is 4.62. The number of nitrogens with zero attached hydrogens (tertiary/aromatic N) is 3. The number of nitrogens with one attached hydrogen (secondary N) is 1. The highest BCUT2D eigenvalue weighted by Gasteiger charge is 2.12. The first-order chi connectivity index (χ1) is 13.3. The van der Waals surface area contributed by atoms with Gasteiger partial charge in [0, 0.05) is 16.5 Å². The molecule has 0 atom stereocenters. The second-order valence-electron chi connectivity index (χ2n) is 6.36. The lowest BCUT2D eigenvalue weighted by Gasteiger charge is -1.95. The van der Waals surface area contributed by atoms with Gasteiger partial charge in [-0.15, -0.1) is 11.3 Å². The molecule has 0 radical (unpaired) electrons. The molecule has 0 saturated heterocycles. The number of oxazole rings is 1. The van der Waals surface area contributed by atoms with Crippen LogP contribution >= 0.6 is 11.3 Å². The molecule has 128 valence electrons. The molecular formula is C21H12N4OS. The second kappa shape index (κ2) is 5.49. The molecule has 0 bridgehead atoms. The number of hydrogen-bond donors (Lipinski definition) is 1. The van der Waals surface area contributed by atoms with E-state index in [0.717, 1.165) is 48.4 Å². The molecule has 0 fully saturated rings. The van der Waals surface area contributed by atoms with Crippen molar-refractivity contribution in [1.82, 2.24) is 20.2 Å². The summed E-state index contributed by atoms with van der Waals surface area (Å²) in [5.41, 5.74) is 5.62. The molecule has 6 aromatic rings. The quantitative estimate of drug-likeness (QED) is 0.429. The smallest absolute Gasteiger partial charge is 0.227 e. The summed E-state index contributed by atoms with van der Waals surface area (Å²) < 4.78 is 7.02. The van der Waals surface area contributed by atoms with Crippen LogP contribution in [0, 0.1) is 0 Å². The van der Waals surface area contributed by atoms with Gasteiger partial charge in [-0.2, -0.15) is 5.10 Å². The van der Waals surface area contributed by atoms with Gasteiger partial charge in [0.05, 0.1) is 21.9 Å². The lowest BCUT2D eigenvalue weighted by atomic mass is 10.2. The molecule has 6 heteroatoms. The predicted molar refractivity (Wildman–Crippen MR) is 108 cm³/mol. The molecule has 3 aromatic heterocycles. The summed E-state index contributed by atoms with van der Waals surface area (Å²) in [7, 11) is 0. The Labute approximate surface area is 157 Å². The number of hydrogen-bond acceptors (Lipinski definition) is 5. The largest absolute Gasteiger partial charge is 0.436 e. The van der Waals surface area contributed by atoms with Crippen LogP contribution in [0.1, 0.15) is 0 Å². The second-order valence-corrected chi connectivity index (χ2v) is 7.39. The van der Waals surface area contributed by atoms with E-state index in [1.165, 1.54) is 0 Å². The van der Waals surface area contributed by atoms with Crippen LogP contribution in [0.4, 0.5) is 0 Å². The molecular weight excluding hydrogens is 356 g/mol. The Morgan fingerprint density at radius 2 is 1.78 bits per heavy atom. The van der Waals surface area contributed by atoms with E-state index < -0.39 is 0 Å². The first kappa shape index (κ1) is 14.6. The van der Waals surface area contributed by atoms with Crippen LogP contribution in [-0.2, 0) is 0 Å². The molecule has 0 saturated carbocycles. The highest BCUT2D eigenvalue weighted by molar-refractivity contribution is 7.21. The number of benzene rings is 3. The summed E-state index contributed by atoms with van der Waals surface area (Å²) >= 11 is 1.67. The molecule has 3 heterocycles. The number of aromatic nitrogens is 4. The molecule has 0 aliphatic carbocycles. The molecule has 27 heavy (non-hydrogen) atoms. The van der Waals surface area contributed by atoms with Crippen LogP contribution in [0.15, 0.2) is 71.3 Å². The SMILES string of the molecule is c1ccc2oc(-c3ccc4sc(-c5ccc6cn[nH]c6c5)nc4c3)nc2c1. The zero-order chi connectivity index (χ0) is 17.8. The molecule has 6 rings (SSSR count).